The van der Waals surface area contributed by atoms with Gasteiger partial charge in [0.15, 0.2) is 0 Å². The van der Waals surface area contributed by atoms with Crippen LogP contribution in [0.5, 0.6) is 0 Å². The summed E-state index contributed by atoms with van der Waals surface area (Å²) >= 11 is 3.81. The molecular weight excluding hydrogens is 694 g/mol. The number of anilines is 1. The number of carbonyl (C=O) groups is 3. The molecular formula is C41H40BrN3O5. The molecule has 3 saturated heterocycles. The van der Waals surface area contributed by atoms with E-state index in [-0.39, 0.29) is 35.6 Å². The summed E-state index contributed by atoms with van der Waals surface area (Å²) in [7, 11) is 0. The predicted molar refractivity (Wildman–Crippen MR) is 197 cm³/mol. The molecule has 0 saturated carbocycles. The molecule has 0 radical (unpaired) electrons. The Morgan fingerprint density at radius 2 is 1.58 bits per heavy atom. The largest absolute Gasteiger partial charge is 0.394 e. The summed E-state index contributed by atoms with van der Waals surface area (Å²) in [6.45, 7) is 8.22. The number of rotatable bonds is 12. The summed E-state index contributed by atoms with van der Waals surface area (Å²) in [6, 6.07) is 30.7. The number of aliphatic hydroxyl groups is 1. The van der Waals surface area contributed by atoms with E-state index in [1.54, 1.807) is 22.0 Å². The number of carbonyl (C=O) groups excluding carboxylic acids is 3. The monoisotopic (exact) mass is 733 g/mol. The van der Waals surface area contributed by atoms with Gasteiger partial charge in [-0.25, -0.2) is 0 Å². The topological polar surface area (TPSA) is 90.4 Å². The number of halogens is 1. The van der Waals surface area contributed by atoms with Gasteiger partial charge in [0.25, 0.3) is 5.91 Å². The van der Waals surface area contributed by atoms with Crippen LogP contribution in [0.2, 0.25) is 0 Å². The lowest BCUT2D eigenvalue weighted by atomic mass is 9.70. The maximum Gasteiger partial charge on any atom is 0.253 e. The van der Waals surface area contributed by atoms with Gasteiger partial charge in [-0.2, -0.15) is 0 Å². The fraction of sp³-hybridized carbons (Fsp3) is 0.293. The van der Waals surface area contributed by atoms with E-state index in [2.05, 4.69) is 29.1 Å². The van der Waals surface area contributed by atoms with E-state index >= 15 is 9.59 Å². The van der Waals surface area contributed by atoms with E-state index < -0.39 is 42.2 Å². The lowest BCUT2D eigenvalue weighted by Gasteiger charge is -2.39. The van der Waals surface area contributed by atoms with Gasteiger partial charge in [-0.15, -0.1) is 13.2 Å². The van der Waals surface area contributed by atoms with Crippen molar-refractivity contribution < 1.29 is 24.2 Å². The van der Waals surface area contributed by atoms with Gasteiger partial charge >= 0.3 is 0 Å². The van der Waals surface area contributed by atoms with Gasteiger partial charge < -0.3 is 24.5 Å². The molecule has 3 amide bonds. The minimum absolute atomic E-state index is 0.180. The Morgan fingerprint density at radius 1 is 0.920 bits per heavy atom. The summed E-state index contributed by atoms with van der Waals surface area (Å²) < 4.78 is 6.87. The molecule has 3 aliphatic rings. The number of amides is 3. The Balaban J connectivity index is 1.34. The zero-order valence-corrected chi connectivity index (χ0v) is 29.3. The summed E-state index contributed by atoms with van der Waals surface area (Å²) in [4.78, 5) is 49.6. The standard InChI is InChI=1S/C41H40BrN3O5/c1-3-21-43(25-27-13-7-5-8-14-27)38(47)34-35-39(48)45(33(26-46)29-16-9-6-10-17-29)37(41(35)24-32(42)36(34)50-41)40(49)44(22-4-2)31-20-19-28-15-11-12-18-30(28)23-31/h3-20,23,32-37,46H,1-2,21-22,24-26H2/t32?,33-,34-,35+,36-,37?,41?/m1/s1. The van der Waals surface area contributed by atoms with E-state index in [9.17, 15) is 9.90 Å². The fourth-order valence-electron chi connectivity index (χ4n) is 8.34. The van der Waals surface area contributed by atoms with E-state index in [0.29, 0.717) is 24.2 Å². The van der Waals surface area contributed by atoms with Crippen molar-refractivity contribution >= 4 is 50.1 Å². The number of benzene rings is 4. The van der Waals surface area contributed by atoms with Gasteiger partial charge in [0.2, 0.25) is 11.8 Å². The fourth-order valence-corrected chi connectivity index (χ4v) is 9.28. The lowest BCUT2D eigenvalue weighted by Crippen LogP contribution is -2.57. The number of aliphatic hydroxyl groups excluding tert-OH is 1. The Kier molecular flexibility index (Phi) is 9.48. The van der Waals surface area contributed by atoms with Crippen molar-refractivity contribution in [1.29, 1.82) is 0 Å². The molecule has 0 aliphatic carbocycles. The normalized spacial score (nSPS) is 25.7. The smallest absolute Gasteiger partial charge is 0.253 e. The summed E-state index contributed by atoms with van der Waals surface area (Å²) in [5.74, 6) is -2.75. The zero-order valence-electron chi connectivity index (χ0n) is 27.7. The number of likely N-dealkylation sites (tertiary alicyclic amines) is 1. The Labute approximate surface area is 300 Å². The third-order valence-corrected chi connectivity index (χ3v) is 11.3. The first-order valence-electron chi connectivity index (χ1n) is 17.0. The average molecular weight is 735 g/mol. The third kappa shape index (κ3) is 5.67. The van der Waals surface area contributed by atoms with Gasteiger partial charge in [0.05, 0.1) is 30.6 Å². The molecule has 0 aromatic heterocycles. The summed E-state index contributed by atoms with van der Waals surface area (Å²) in [5.41, 5.74) is 0.961. The number of hydrogen-bond donors (Lipinski definition) is 1. The van der Waals surface area contributed by atoms with Gasteiger partial charge in [0.1, 0.15) is 11.6 Å². The van der Waals surface area contributed by atoms with Crippen LogP contribution >= 0.6 is 15.9 Å². The third-order valence-electron chi connectivity index (χ3n) is 10.4. The highest BCUT2D eigenvalue weighted by molar-refractivity contribution is 9.09. The number of alkyl halides is 1. The van der Waals surface area contributed by atoms with Gasteiger partial charge in [-0.1, -0.05) is 119 Å². The first-order valence-corrected chi connectivity index (χ1v) is 17.9. The molecule has 7 rings (SSSR count). The van der Waals surface area contributed by atoms with Crippen LogP contribution in [0.3, 0.4) is 0 Å². The molecule has 4 aromatic carbocycles. The quantitative estimate of drug-likeness (QED) is 0.141. The van der Waals surface area contributed by atoms with Crippen LogP contribution in [0, 0.1) is 11.8 Å². The van der Waals surface area contributed by atoms with E-state index in [1.165, 1.54) is 4.90 Å². The molecule has 8 nitrogen and oxygen atoms in total. The molecule has 1 spiro atoms. The van der Waals surface area contributed by atoms with Crippen LogP contribution in [0.4, 0.5) is 5.69 Å². The van der Waals surface area contributed by atoms with Crippen molar-refractivity contribution in [3.8, 4) is 0 Å². The summed E-state index contributed by atoms with van der Waals surface area (Å²) in [6.07, 6.45) is 3.05. The molecule has 3 unspecified atom stereocenters. The molecule has 3 aliphatic heterocycles. The second-order valence-corrected chi connectivity index (χ2v) is 14.5. The Bertz CT molecular complexity index is 1920. The molecule has 3 fully saturated rings. The minimum atomic E-state index is -1.32. The molecule has 4 aromatic rings. The van der Waals surface area contributed by atoms with Gasteiger partial charge in [-0.3, -0.25) is 14.4 Å². The molecule has 7 atom stereocenters. The minimum Gasteiger partial charge on any atom is -0.394 e. The number of fused-ring (bicyclic) bond motifs is 2. The molecule has 256 valence electrons. The van der Waals surface area contributed by atoms with E-state index in [4.69, 9.17) is 4.74 Å². The van der Waals surface area contributed by atoms with Crippen molar-refractivity contribution in [3.63, 3.8) is 0 Å². The predicted octanol–water partition coefficient (Wildman–Crippen LogP) is 6.06. The van der Waals surface area contributed by atoms with Gasteiger partial charge in [-0.05, 0) is 40.5 Å². The highest BCUT2D eigenvalue weighted by Gasteiger charge is 2.77. The van der Waals surface area contributed by atoms with Crippen molar-refractivity contribution in [2.45, 2.75) is 41.6 Å². The number of hydrogen-bond acceptors (Lipinski definition) is 5. The SMILES string of the molecule is C=CCN(Cc1ccccc1)C(=O)[C@H]1[C@@H]2OC3(CC2Br)C(C(=O)N(CC=C)c2ccc4ccccc4c2)N([C@H](CO)c2ccccc2)C(=O)[C@H]13. The van der Waals surface area contributed by atoms with Crippen LogP contribution in [0.25, 0.3) is 10.8 Å². The van der Waals surface area contributed by atoms with Crippen LogP contribution < -0.4 is 4.90 Å². The van der Waals surface area contributed by atoms with Crippen molar-refractivity contribution in [2.24, 2.45) is 11.8 Å². The maximum absolute atomic E-state index is 15.3. The zero-order chi connectivity index (χ0) is 35.0. The van der Waals surface area contributed by atoms with Crippen LogP contribution in [0.15, 0.2) is 128 Å². The highest BCUT2D eigenvalue weighted by Crippen LogP contribution is 2.61. The number of ether oxygens (including phenoxy) is 1. The van der Waals surface area contributed by atoms with Crippen LogP contribution in [-0.2, 0) is 25.7 Å². The Hall–Kier alpha value is -4.57. The van der Waals surface area contributed by atoms with E-state index in [1.807, 2.05) is 103 Å². The molecule has 3 heterocycles. The van der Waals surface area contributed by atoms with Crippen LogP contribution in [-0.4, -0.2) is 74.9 Å². The van der Waals surface area contributed by atoms with Crippen molar-refractivity contribution in [1.82, 2.24) is 9.80 Å². The first-order chi connectivity index (χ1) is 24.3. The van der Waals surface area contributed by atoms with Crippen LogP contribution in [0.1, 0.15) is 23.6 Å². The molecule has 50 heavy (non-hydrogen) atoms. The second kappa shape index (κ2) is 14.0. The highest BCUT2D eigenvalue weighted by atomic mass is 79.9. The molecule has 1 N–H and O–H groups in total. The van der Waals surface area contributed by atoms with Crippen molar-refractivity contribution in [2.75, 3.05) is 24.6 Å². The summed E-state index contributed by atoms with van der Waals surface area (Å²) in [5, 5.41) is 12.9. The molecule has 2 bridgehead atoms. The average Bonchev–Trinajstić information content (AvgIpc) is 3.74. The lowest BCUT2D eigenvalue weighted by molar-refractivity contribution is -0.147. The maximum atomic E-state index is 15.3. The Morgan fingerprint density at radius 3 is 2.26 bits per heavy atom. The van der Waals surface area contributed by atoms with Crippen molar-refractivity contribution in [3.05, 3.63) is 140 Å². The second-order valence-electron chi connectivity index (χ2n) is 13.3. The number of nitrogens with zero attached hydrogens (tertiary/aromatic N) is 3. The van der Waals surface area contributed by atoms with Gasteiger partial charge in [0, 0.05) is 30.1 Å². The van der Waals surface area contributed by atoms with E-state index in [0.717, 1.165) is 16.3 Å². The first kappa shape index (κ1) is 33.9. The molecule has 9 heteroatoms.